The Morgan fingerprint density at radius 2 is 0.951 bits per heavy atom. The summed E-state index contributed by atoms with van der Waals surface area (Å²) in [6, 6.07) is 28.5. The standard InChI is InChI=1S/2C11H12F2NO.2C5H5.Ti/c2*1-3-11(15)14(4-2)10-6-5-8(12)7-9(10)13;2*1-2-4-5-3-1;/h2*5-6H,3-4H2,1-2H3;2*1-5H;/q4*-1;+4. The summed E-state index contributed by atoms with van der Waals surface area (Å²) in [7, 11) is 0. The van der Waals surface area contributed by atoms with Crippen LogP contribution in [0.25, 0.3) is 0 Å². The van der Waals surface area contributed by atoms with Gasteiger partial charge in [-0.2, -0.15) is 36.4 Å². The van der Waals surface area contributed by atoms with E-state index in [4.69, 9.17) is 0 Å². The first-order valence-electron chi connectivity index (χ1n) is 12.9. The van der Waals surface area contributed by atoms with E-state index in [0.29, 0.717) is 13.1 Å². The van der Waals surface area contributed by atoms with Crippen molar-refractivity contribution in [2.24, 2.45) is 0 Å². The number of hydrogen-bond donors (Lipinski definition) is 0. The SMILES string of the molecule is CCC(=O)N(CC)c1ccc(F)[c-]c1F.CCC(=O)N(CC)c1ccc(F)[c-]c1F.[Ti+4].c1cc[cH-]c1.c1cc[cH-]c1. The van der Waals surface area contributed by atoms with Gasteiger partial charge in [-0.1, -0.05) is 13.8 Å². The van der Waals surface area contributed by atoms with Gasteiger partial charge in [0.15, 0.2) is 0 Å². The first kappa shape index (κ1) is 37.5. The number of rotatable bonds is 6. The van der Waals surface area contributed by atoms with E-state index in [9.17, 15) is 27.2 Å². The zero-order chi connectivity index (χ0) is 29.9. The number of anilines is 2. The molecule has 0 bridgehead atoms. The Kier molecular flexibility index (Phi) is 19.5. The molecule has 0 fully saturated rings. The number of amides is 2. The molecule has 0 saturated heterocycles. The van der Waals surface area contributed by atoms with E-state index in [2.05, 4.69) is 0 Å². The van der Waals surface area contributed by atoms with Gasteiger partial charge in [0.05, 0.1) is 0 Å². The molecular weight excluding hydrogens is 568 g/mol. The Morgan fingerprint density at radius 1 is 0.634 bits per heavy atom. The fourth-order valence-electron chi connectivity index (χ4n) is 3.27. The number of carbonyl (C=O) groups excluding carboxylic acids is 2. The maximum atomic E-state index is 13.3. The van der Waals surface area contributed by atoms with Crippen LogP contribution in [0, 0.1) is 35.4 Å². The number of benzene rings is 2. The molecule has 0 aromatic heterocycles. The average molecular weight is 602 g/mol. The van der Waals surface area contributed by atoms with Crippen LogP contribution in [0.1, 0.15) is 40.5 Å². The minimum atomic E-state index is -0.835. The zero-order valence-electron chi connectivity index (χ0n) is 23.6. The van der Waals surface area contributed by atoms with E-state index in [1.54, 1.807) is 27.7 Å². The predicted octanol–water partition coefficient (Wildman–Crippen LogP) is 7.86. The first-order chi connectivity index (χ1) is 19.2. The van der Waals surface area contributed by atoms with E-state index in [0.717, 1.165) is 12.1 Å². The van der Waals surface area contributed by atoms with Crippen molar-refractivity contribution in [2.75, 3.05) is 22.9 Å². The molecule has 4 aromatic carbocycles. The molecule has 4 aromatic rings. The molecule has 0 aliphatic heterocycles. The maximum absolute atomic E-state index is 13.3. The van der Waals surface area contributed by atoms with Crippen molar-refractivity contribution >= 4 is 23.2 Å². The van der Waals surface area contributed by atoms with Gasteiger partial charge in [-0.05, 0) is 25.2 Å². The molecule has 0 radical (unpaired) electrons. The summed E-state index contributed by atoms with van der Waals surface area (Å²) in [4.78, 5) is 25.4. The molecule has 0 saturated carbocycles. The third-order valence-electron chi connectivity index (χ3n) is 5.22. The van der Waals surface area contributed by atoms with Gasteiger partial charge >= 0.3 is 21.7 Å². The Labute approximate surface area is 255 Å². The van der Waals surface area contributed by atoms with E-state index in [1.165, 1.54) is 21.9 Å². The zero-order valence-corrected chi connectivity index (χ0v) is 25.2. The van der Waals surface area contributed by atoms with Crippen LogP contribution >= 0.6 is 0 Å². The van der Waals surface area contributed by atoms with Gasteiger partial charge in [-0.15, -0.1) is 36.4 Å². The van der Waals surface area contributed by atoms with Gasteiger partial charge in [-0.25, -0.2) is 41.8 Å². The second kappa shape index (κ2) is 21.3. The second-order valence-corrected chi connectivity index (χ2v) is 7.92. The molecule has 4 nitrogen and oxygen atoms in total. The number of halogens is 4. The summed E-state index contributed by atoms with van der Waals surface area (Å²) < 4.78 is 51.8. The molecule has 0 N–H and O–H groups in total. The molecule has 0 aliphatic rings. The Balaban J connectivity index is 0.000000573. The van der Waals surface area contributed by atoms with Crippen LogP contribution in [0.5, 0.6) is 0 Å². The number of carbonyl (C=O) groups is 2. The van der Waals surface area contributed by atoms with Crippen LogP contribution in [0.3, 0.4) is 0 Å². The predicted molar refractivity (Wildman–Crippen MR) is 151 cm³/mol. The van der Waals surface area contributed by atoms with Crippen LogP contribution < -0.4 is 9.80 Å². The van der Waals surface area contributed by atoms with Gasteiger partial charge in [0, 0.05) is 49.2 Å². The largest absolute Gasteiger partial charge is 4.00 e. The minimum Gasteiger partial charge on any atom is -0.364 e. The molecule has 216 valence electrons. The maximum Gasteiger partial charge on any atom is 4.00 e. The molecule has 0 atom stereocenters. The smallest absolute Gasteiger partial charge is 0.364 e. The topological polar surface area (TPSA) is 40.6 Å². The summed E-state index contributed by atoms with van der Waals surface area (Å²) in [5.41, 5.74) is 0.150. The fourth-order valence-corrected chi connectivity index (χ4v) is 3.27. The third kappa shape index (κ3) is 13.6. The molecular formula is C32H34F4N2O2Ti. The first-order valence-corrected chi connectivity index (χ1v) is 12.9. The number of hydrogen-bond acceptors (Lipinski definition) is 2. The van der Waals surface area contributed by atoms with Gasteiger partial charge in [0.25, 0.3) is 0 Å². The summed E-state index contributed by atoms with van der Waals surface area (Å²) in [6.07, 6.45) is 0.565. The van der Waals surface area contributed by atoms with Gasteiger partial charge in [0.1, 0.15) is 0 Å². The van der Waals surface area contributed by atoms with Gasteiger partial charge in [-0.3, -0.25) is 9.59 Å². The minimum absolute atomic E-state index is 0. The van der Waals surface area contributed by atoms with E-state index >= 15 is 0 Å². The van der Waals surface area contributed by atoms with Crippen molar-refractivity contribution < 1.29 is 48.9 Å². The van der Waals surface area contributed by atoms with Crippen LogP contribution in [0.15, 0.2) is 84.9 Å². The van der Waals surface area contributed by atoms with Crippen molar-refractivity contribution in [3.63, 3.8) is 0 Å². The van der Waals surface area contributed by atoms with Crippen molar-refractivity contribution in [3.8, 4) is 0 Å². The molecule has 0 unspecified atom stereocenters. The van der Waals surface area contributed by atoms with Crippen molar-refractivity contribution in [3.05, 3.63) is 120 Å². The molecule has 0 heterocycles. The molecule has 0 aliphatic carbocycles. The third-order valence-corrected chi connectivity index (χ3v) is 5.22. The van der Waals surface area contributed by atoms with Gasteiger partial charge < -0.3 is 9.80 Å². The fraction of sp³-hybridized carbons (Fsp3) is 0.250. The molecule has 9 heteroatoms. The van der Waals surface area contributed by atoms with Crippen LogP contribution in [0.4, 0.5) is 28.9 Å². The van der Waals surface area contributed by atoms with Crippen molar-refractivity contribution in [1.82, 2.24) is 0 Å². The summed E-state index contributed by atoms with van der Waals surface area (Å²) in [5, 5.41) is 0. The monoisotopic (exact) mass is 602 g/mol. The van der Waals surface area contributed by atoms with Crippen LogP contribution in [0.2, 0.25) is 0 Å². The van der Waals surface area contributed by atoms with E-state index in [-0.39, 0.29) is 57.7 Å². The van der Waals surface area contributed by atoms with E-state index < -0.39 is 23.3 Å². The second-order valence-electron chi connectivity index (χ2n) is 7.92. The van der Waals surface area contributed by atoms with Crippen LogP contribution in [-0.4, -0.2) is 24.9 Å². The van der Waals surface area contributed by atoms with Crippen LogP contribution in [-0.2, 0) is 31.3 Å². The molecule has 0 spiro atoms. The van der Waals surface area contributed by atoms with Gasteiger partial charge in [0.2, 0.25) is 11.8 Å². The van der Waals surface area contributed by atoms with E-state index in [1.807, 2.05) is 72.8 Å². The Morgan fingerprint density at radius 3 is 1.15 bits per heavy atom. The average Bonchev–Trinajstić information content (AvgIpc) is 3.72. The van der Waals surface area contributed by atoms with Crippen molar-refractivity contribution in [2.45, 2.75) is 40.5 Å². The summed E-state index contributed by atoms with van der Waals surface area (Å²) >= 11 is 0. The normalized spacial score (nSPS) is 9.37. The number of nitrogens with zero attached hydrogens (tertiary/aromatic N) is 2. The molecule has 41 heavy (non-hydrogen) atoms. The Hall–Kier alpha value is -3.49. The summed E-state index contributed by atoms with van der Waals surface area (Å²) in [5.74, 6) is -3.60. The quantitative estimate of drug-likeness (QED) is 0.128. The summed E-state index contributed by atoms with van der Waals surface area (Å²) in [6.45, 7) is 7.55. The Bertz CT molecular complexity index is 1120. The van der Waals surface area contributed by atoms with Crippen molar-refractivity contribution in [1.29, 1.82) is 0 Å². The molecule has 2 amide bonds. The molecule has 4 rings (SSSR count).